The van der Waals surface area contributed by atoms with Gasteiger partial charge in [-0.25, -0.2) is 0 Å². The average molecular weight is 195 g/mol. The van der Waals surface area contributed by atoms with Crippen LogP contribution in [0.25, 0.3) is 0 Å². The lowest BCUT2D eigenvalue weighted by atomic mass is 10.2. The van der Waals surface area contributed by atoms with Crippen LogP contribution in [0.5, 0.6) is 0 Å². The number of hydrogen-bond donors (Lipinski definition) is 1. The molecule has 0 aromatic carbocycles. The highest BCUT2D eigenvalue weighted by atomic mass is 19.4. The summed E-state index contributed by atoms with van der Waals surface area (Å²) >= 11 is 0. The van der Waals surface area contributed by atoms with E-state index in [1.165, 1.54) is 0 Å². The van der Waals surface area contributed by atoms with Gasteiger partial charge < -0.3 is 5.32 Å². The maximum atomic E-state index is 11.9. The van der Waals surface area contributed by atoms with Crippen molar-refractivity contribution in [3.63, 3.8) is 0 Å². The van der Waals surface area contributed by atoms with Gasteiger partial charge in [-0.3, -0.25) is 4.79 Å². The fraction of sp³-hybridized carbons (Fsp3) is 0.625. The van der Waals surface area contributed by atoms with E-state index in [0.717, 1.165) is 0 Å². The van der Waals surface area contributed by atoms with Crippen molar-refractivity contribution in [2.45, 2.75) is 20.0 Å². The second-order valence-corrected chi connectivity index (χ2v) is 3.08. The molecule has 0 aliphatic heterocycles. The molecule has 76 valence electrons. The van der Waals surface area contributed by atoms with Gasteiger partial charge in [-0.05, 0) is 5.92 Å². The van der Waals surface area contributed by atoms with Gasteiger partial charge in [0, 0.05) is 6.54 Å². The van der Waals surface area contributed by atoms with Crippen molar-refractivity contribution in [2.75, 3.05) is 6.54 Å². The van der Waals surface area contributed by atoms with Crippen LogP contribution in [0.3, 0.4) is 0 Å². The molecule has 0 unspecified atom stereocenters. The molecule has 0 saturated carbocycles. The van der Waals surface area contributed by atoms with Crippen LogP contribution in [0.2, 0.25) is 0 Å². The molecule has 0 aliphatic rings. The van der Waals surface area contributed by atoms with Crippen molar-refractivity contribution < 1.29 is 18.0 Å². The Kier molecular flexibility index (Phi) is 3.97. The standard InChI is InChI=1S/C8H12F3NO/c1-5(2)4-12-7(13)6(3)8(9,10)11/h5H,3-4H2,1-2H3,(H,12,13). The van der Waals surface area contributed by atoms with Crippen LogP contribution in [0.15, 0.2) is 12.2 Å². The largest absolute Gasteiger partial charge is 0.421 e. The van der Waals surface area contributed by atoms with Gasteiger partial charge in [0.15, 0.2) is 0 Å². The molecule has 0 bridgehead atoms. The predicted octanol–water partition coefficient (Wildman–Crippen LogP) is 1.88. The molecule has 0 rings (SSSR count). The molecule has 0 heterocycles. The Hall–Kier alpha value is -1.00. The van der Waals surface area contributed by atoms with Gasteiger partial charge in [-0.1, -0.05) is 20.4 Å². The molecule has 1 amide bonds. The van der Waals surface area contributed by atoms with Crippen LogP contribution in [0.4, 0.5) is 13.2 Å². The number of carbonyl (C=O) groups is 1. The van der Waals surface area contributed by atoms with E-state index in [0.29, 0.717) is 0 Å². The Morgan fingerprint density at radius 2 is 1.92 bits per heavy atom. The molecule has 0 aromatic heterocycles. The normalized spacial score (nSPS) is 11.5. The molecular weight excluding hydrogens is 183 g/mol. The van der Waals surface area contributed by atoms with Crippen LogP contribution >= 0.6 is 0 Å². The zero-order valence-corrected chi connectivity index (χ0v) is 7.53. The third-order valence-corrected chi connectivity index (χ3v) is 1.29. The summed E-state index contributed by atoms with van der Waals surface area (Å²) in [7, 11) is 0. The van der Waals surface area contributed by atoms with Crippen LogP contribution in [-0.2, 0) is 4.79 Å². The maximum absolute atomic E-state index is 11.9. The molecule has 1 N–H and O–H groups in total. The van der Waals surface area contributed by atoms with Crippen molar-refractivity contribution in [1.82, 2.24) is 5.32 Å². The molecule has 0 fully saturated rings. The number of rotatable bonds is 3. The molecule has 0 atom stereocenters. The monoisotopic (exact) mass is 195 g/mol. The van der Waals surface area contributed by atoms with Gasteiger partial charge in [0.25, 0.3) is 5.91 Å². The zero-order valence-electron chi connectivity index (χ0n) is 7.53. The maximum Gasteiger partial charge on any atom is 0.421 e. The van der Waals surface area contributed by atoms with E-state index in [2.05, 4.69) is 11.9 Å². The van der Waals surface area contributed by atoms with Crippen molar-refractivity contribution in [1.29, 1.82) is 0 Å². The Balaban J connectivity index is 4.06. The predicted molar refractivity (Wildman–Crippen MR) is 43.0 cm³/mol. The number of amides is 1. The van der Waals surface area contributed by atoms with Crippen LogP contribution < -0.4 is 5.32 Å². The lowest BCUT2D eigenvalue weighted by Crippen LogP contribution is -2.33. The minimum absolute atomic E-state index is 0.116. The number of halogens is 3. The molecule has 0 aliphatic carbocycles. The smallest absolute Gasteiger partial charge is 0.352 e. The molecule has 13 heavy (non-hydrogen) atoms. The summed E-state index contributed by atoms with van der Waals surface area (Å²) in [5, 5.41) is 2.13. The van der Waals surface area contributed by atoms with E-state index in [9.17, 15) is 18.0 Å². The number of hydrogen-bond acceptors (Lipinski definition) is 1. The van der Waals surface area contributed by atoms with E-state index in [1.807, 2.05) is 0 Å². The molecule has 0 radical (unpaired) electrons. The van der Waals surface area contributed by atoms with Crippen LogP contribution in [0, 0.1) is 5.92 Å². The Morgan fingerprint density at radius 3 is 2.23 bits per heavy atom. The summed E-state index contributed by atoms with van der Waals surface area (Å²) in [4.78, 5) is 10.8. The quantitative estimate of drug-likeness (QED) is 0.684. The lowest BCUT2D eigenvalue weighted by Gasteiger charge is -2.11. The molecule has 2 nitrogen and oxygen atoms in total. The molecule has 5 heteroatoms. The van der Waals surface area contributed by atoms with E-state index >= 15 is 0 Å². The lowest BCUT2D eigenvalue weighted by molar-refractivity contribution is -0.130. The highest BCUT2D eigenvalue weighted by molar-refractivity contribution is 5.93. The fourth-order valence-electron chi connectivity index (χ4n) is 0.532. The summed E-state index contributed by atoms with van der Waals surface area (Å²) < 4.78 is 35.6. The summed E-state index contributed by atoms with van der Waals surface area (Å²) in [6, 6.07) is 0. The van der Waals surface area contributed by atoms with E-state index in [1.54, 1.807) is 13.8 Å². The number of alkyl halides is 3. The number of carbonyl (C=O) groups excluding carboxylic acids is 1. The van der Waals surface area contributed by atoms with Crippen LogP contribution in [0.1, 0.15) is 13.8 Å². The van der Waals surface area contributed by atoms with Crippen molar-refractivity contribution in [3.8, 4) is 0 Å². The van der Waals surface area contributed by atoms with Crippen molar-refractivity contribution in [2.24, 2.45) is 5.92 Å². The first kappa shape index (κ1) is 12.0. The average Bonchev–Trinajstić information content (AvgIpc) is 1.96. The van der Waals surface area contributed by atoms with Gasteiger partial charge in [0.2, 0.25) is 0 Å². The second-order valence-electron chi connectivity index (χ2n) is 3.08. The Labute approximate surface area is 74.8 Å². The fourth-order valence-corrected chi connectivity index (χ4v) is 0.532. The molecular formula is C8H12F3NO. The summed E-state index contributed by atoms with van der Waals surface area (Å²) in [6.07, 6.45) is -4.64. The third-order valence-electron chi connectivity index (χ3n) is 1.29. The van der Waals surface area contributed by atoms with Crippen molar-refractivity contribution >= 4 is 5.91 Å². The summed E-state index contributed by atoms with van der Waals surface area (Å²) in [5.74, 6) is -1.04. The summed E-state index contributed by atoms with van der Waals surface area (Å²) in [6.45, 7) is 6.46. The molecule has 0 saturated heterocycles. The first-order chi connectivity index (χ1) is 5.75. The van der Waals surface area contributed by atoms with E-state index in [-0.39, 0.29) is 12.5 Å². The van der Waals surface area contributed by atoms with Crippen molar-refractivity contribution in [3.05, 3.63) is 12.2 Å². The Bertz CT molecular complexity index is 208. The first-order valence-corrected chi connectivity index (χ1v) is 3.79. The van der Waals surface area contributed by atoms with Gasteiger partial charge in [0.05, 0.1) is 0 Å². The highest BCUT2D eigenvalue weighted by Gasteiger charge is 2.36. The summed E-state index contributed by atoms with van der Waals surface area (Å²) in [5.41, 5.74) is -1.35. The van der Waals surface area contributed by atoms with E-state index < -0.39 is 17.7 Å². The third kappa shape index (κ3) is 4.55. The highest BCUT2D eigenvalue weighted by Crippen LogP contribution is 2.23. The zero-order chi connectivity index (χ0) is 10.6. The molecule has 0 aromatic rings. The SMILES string of the molecule is C=C(C(=O)NCC(C)C)C(F)(F)F. The van der Waals surface area contributed by atoms with Gasteiger partial charge >= 0.3 is 6.18 Å². The number of nitrogens with one attached hydrogen (secondary N) is 1. The first-order valence-electron chi connectivity index (χ1n) is 3.79. The van der Waals surface area contributed by atoms with Gasteiger partial charge in [0.1, 0.15) is 5.57 Å². The minimum Gasteiger partial charge on any atom is -0.352 e. The molecule has 0 spiro atoms. The van der Waals surface area contributed by atoms with Gasteiger partial charge in [-0.2, -0.15) is 13.2 Å². The second kappa shape index (κ2) is 4.30. The van der Waals surface area contributed by atoms with Crippen LogP contribution in [-0.4, -0.2) is 18.6 Å². The Morgan fingerprint density at radius 1 is 1.46 bits per heavy atom. The van der Waals surface area contributed by atoms with E-state index in [4.69, 9.17) is 0 Å². The topological polar surface area (TPSA) is 29.1 Å². The van der Waals surface area contributed by atoms with Gasteiger partial charge in [-0.15, -0.1) is 0 Å². The minimum atomic E-state index is -4.64.